The summed E-state index contributed by atoms with van der Waals surface area (Å²) in [6.45, 7) is 5.90. The Hall–Kier alpha value is -3.55. The number of carbonyl (C=O) groups is 3. The van der Waals surface area contributed by atoms with Gasteiger partial charge in [-0.2, -0.15) is 0 Å². The fourth-order valence-electron chi connectivity index (χ4n) is 2.51. The lowest BCUT2D eigenvalue weighted by Crippen LogP contribution is -2.21. The summed E-state index contributed by atoms with van der Waals surface area (Å²) in [4.78, 5) is 36.4. The van der Waals surface area contributed by atoms with E-state index in [4.69, 9.17) is 18.9 Å². The maximum absolute atomic E-state index is 12.3. The number of hydrogen-bond donors (Lipinski definition) is 1. The van der Waals surface area contributed by atoms with Crippen LogP contribution in [0.25, 0.3) is 0 Å². The standard InChI is InChI=1S/C22H25NO7/c1-4-27-18-7-9-19(10-8-18)30-14-20(24)23-17-12-15(21(25)28-5-2)11-16(13-17)22(26)29-6-3/h7-13H,4-6,14H2,1-3H3,(H,23,24). The zero-order valence-corrected chi connectivity index (χ0v) is 17.2. The normalized spacial score (nSPS) is 10.1. The Labute approximate surface area is 175 Å². The Bertz CT molecular complexity index is 841. The number of nitrogens with one attached hydrogen (secondary N) is 1. The van der Waals surface area contributed by atoms with Crippen LogP contribution >= 0.6 is 0 Å². The average Bonchev–Trinajstić information content (AvgIpc) is 2.73. The van der Waals surface area contributed by atoms with Crippen LogP contribution in [0.3, 0.4) is 0 Å². The molecule has 8 heteroatoms. The number of amides is 1. The fraction of sp³-hybridized carbons (Fsp3) is 0.318. The van der Waals surface area contributed by atoms with Gasteiger partial charge in [0.15, 0.2) is 6.61 Å². The van der Waals surface area contributed by atoms with Crippen molar-refractivity contribution in [2.45, 2.75) is 20.8 Å². The molecule has 0 aromatic heterocycles. The molecule has 0 aliphatic heterocycles. The molecule has 0 saturated carbocycles. The molecule has 0 fully saturated rings. The zero-order valence-electron chi connectivity index (χ0n) is 17.2. The summed E-state index contributed by atoms with van der Waals surface area (Å²) in [6.07, 6.45) is 0. The number of carbonyl (C=O) groups excluding carboxylic acids is 3. The summed E-state index contributed by atoms with van der Waals surface area (Å²) in [6, 6.07) is 11.1. The Morgan fingerprint density at radius 2 is 1.23 bits per heavy atom. The van der Waals surface area contributed by atoms with Gasteiger partial charge in [0.1, 0.15) is 11.5 Å². The molecule has 2 rings (SSSR count). The van der Waals surface area contributed by atoms with Crippen molar-refractivity contribution in [1.82, 2.24) is 0 Å². The fourth-order valence-corrected chi connectivity index (χ4v) is 2.51. The molecule has 2 aromatic carbocycles. The van der Waals surface area contributed by atoms with Crippen LogP contribution in [0.1, 0.15) is 41.5 Å². The highest BCUT2D eigenvalue weighted by Crippen LogP contribution is 2.19. The molecule has 0 saturated heterocycles. The topological polar surface area (TPSA) is 100 Å². The Kier molecular flexibility index (Phi) is 8.68. The molecule has 0 radical (unpaired) electrons. The predicted molar refractivity (Wildman–Crippen MR) is 110 cm³/mol. The maximum Gasteiger partial charge on any atom is 0.338 e. The molecule has 1 N–H and O–H groups in total. The van der Waals surface area contributed by atoms with Crippen LogP contribution in [-0.2, 0) is 14.3 Å². The minimum absolute atomic E-state index is 0.130. The third-order valence-corrected chi connectivity index (χ3v) is 3.74. The molecule has 160 valence electrons. The van der Waals surface area contributed by atoms with Crippen LogP contribution in [0.2, 0.25) is 0 Å². The minimum Gasteiger partial charge on any atom is -0.494 e. The monoisotopic (exact) mass is 415 g/mol. The van der Waals surface area contributed by atoms with E-state index in [0.717, 1.165) is 0 Å². The molecule has 8 nitrogen and oxygen atoms in total. The lowest BCUT2D eigenvalue weighted by atomic mass is 10.1. The van der Waals surface area contributed by atoms with Crippen LogP contribution in [-0.4, -0.2) is 44.3 Å². The molecule has 0 aliphatic rings. The van der Waals surface area contributed by atoms with E-state index in [1.807, 2.05) is 6.92 Å². The van der Waals surface area contributed by atoms with E-state index < -0.39 is 17.8 Å². The highest BCUT2D eigenvalue weighted by molar-refractivity contribution is 5.99. The summed E-state index contributed by atoms with van der Waals surface area (Å²) in [5.74, 6) is -0.466. The van der Waals surface area contributed by atoms with Crippen LogP contribution in [0, 0.1) is 0 Å². The van der Waals surface area contributed by atoms with Gasteiger partial charge in [0, 0.05) is 5.69 Å². The molecule has 0 bridgehead atoms. The van der Waals surface area contributed by atoms with E-state index in [9.17, 15) is 14.4 Å². The first-order valence-corrected chi connectivity index (χ1v) is 9.61. The van der Waals surface area contributed by atoms with Gasteiger partial charge in [-0.25, -0.2) is 9.59 Å². The number of esters is 2. The Morgan fingerprint density at radius 1 is 0.733 bits per heavy atom. The van der Waals surface area contributed by atoms with E-state index in [1.54, 1.807) is 38.1 Å². The van der Waals surface area contributed by atoms with Crippen molar-refractivity contribution < 1.29 is 33.3 Å². The number of rotatable bonds is 10. The molecule has 0 aliphatic carbocycles. The summed E-state index contributed by atoms with van der Waals surface area (Å²) in [5.41, 5.74) is 0.513. The number of anilines is 1. The first kappa shape index (κ1) is 22.7. The molecule has 1 amide bonds. The van der Waals surface area contributed by atoms with Crippen LogP contribution in [0.15, 0.2) is 42.5 Å². The SMILES string of the molecule is CCOC(=O)c1cc(NC(=O)COc2ccc(OCC)cc2)cc(C(=O)OCC)c1. The van der Waals surface area contributed by atoms with Crippen molar-refractivity contribution in [1.29, 1.82) is 0 Å². The van der Waals surface area contributed by atoms with Gasteiger partial charge in [-0.3, -0.25) is 4.79 Å². The first-order chi connectivity index (χ1) is 14.5. The third kappa shape index (κ3) is 6.80. The van der Waals surface area contributed by atoms with Crippen molar-refractivity contribution >= 4 is 23.5 Å². The van der Waals surface area contributed by atoms with Gasteiger partial charge in [0.2, 0.25) is 0 Å². The maximum atomic E-state index is 12.3. The smallest absolute Gasteiger partial charge is 0.338 e. The lowest BCUT2D eigenvalue weighted by Gasteiger charge is -2.11. The number of hydrogen-bond acceptors (Lipinski definition) is 7. The van der Waals surface area contributed by atoms with Crippen molar-refractivity contribution in [3.63, 3.8) is 0 Å². The summed E-state index contributed by atoms with van der Waals surface area (Å²) < 4.78 is 20.8. The third-order valence-electron chi connectivity index (χ3n) is 3.74. The van der Waals surface area contributed by atoms with Gasteiger partial charge in [-0.15, -0.1) is 0 Å². The van der Waals surface area contributed by atoms with E-state index >= 15 is 0 Å². The van der Waals surface area contributed by atoms with Gasteiger partial charge in [0.05, 0.1) is 30.9 Å². The lowest BCUT2D eigenvalue weighted by molar-refractivity contribution is -0.118. The summed E-state index contributed by atoms with van der Waals surface area (Å²) in [5, 5.41) is 2.61. The molecular formula is C22H25NO7. The van der Waals surface area contributed by atoms with Crippen molar-refractivity contribution in [2.75, 3.05) is 31.7 Å². The second-order valence-electron chi connectivity index (χ2n) is 5.98. The Balaban J connectivity index is 2.08. The van der Waals surface area contributed by atoms with Gasteiger partial charge >= 0.3 is 11.9 Å². The highest BCUT2D eigenvalue weighted by atomic mass is 16.5. The Morgan fingerprint density at radius 3 is 1.70 bits per heavy atom. The second kappa shape index (κ2) is 11.5. The summed E-state index contributed by atoms with van der Waals surface area (Å²) >= 11 is 0. The largest absolute Gasteiger partial charge is 0.494 e. The first-order valence-electron chi connectivity index (χ1n) is 9.61. The van der Waals surface area contributed by atoms with Crippen LogP contribution < -0.4 is 14.8 Å². The van der Waals surface area contributed by atoms with Crippen LogP contribution in [0.5, 0.6) is 11.5 Å². The van der Waals surface area contributed by atoms with Crippen molar-refractivity contribution in [3.05, 3.63) is 53.6 Å². The van der Waals surface area contributed by atoms with Crippen LogP contribution in [0.4, 0.5) is 5.69 Å². The molecule has 0 atom stereocenters. The van der Waals surface area contributed by atoms with Gasteiger partial charge in [-0.1, -0.05) is 0 Å². The molecule has 0 spiro atoms. The molecule has 0 heterocycles. The number of benzene rings is 2. The van der Waals surface area contributed by atoms with Crippen molar-refractivity contribution in [2.24, 2.45) is 0 Å². The van der Waals surface area contributed by atoms with Crippen molar-refractivity contribution in [3.8, 4) is 11.5 Å². The van der Waals surface area contributed by atoms with E-state index in [2.05, 4.69) is 5.32 Å². The molecular weight excluding hydrogens is 390 g/mol. The average molecular weight is 415 g/mol. The highest BCUT2D eigenvalue weighted by Gasteiger charge is 2.16. The van der Waals surface area contributed by atoms with E-state index in [1.165, 1.54) is 18.2 Å². The summed E-state index contributed by atoms with van der Waals surface area (Å²) in [7, 11) is 0. The molecule has 2 aromatic rings. The zero-order chi connectivity index (χ0) is 21.9. The second-order valence-corrected chi connectivity index (χ2v) is 5.98. The van der Waals surface area contributed by atoms with Gasteiger partial charge in [-0.05, 0) is 63.2 Å². The number of ether oxygens (including phenoxy) is 4. The minimum atomic E-state index is -0.607. The van der Waals surface area contributed by atoms with E-state index in [0.29, 0.717) is 18.1 Å². The van der Waals surface area contributed by atoms with Gasteiger partial charge < -0.3 is 24.3 Å². The molecule has 0 unspecified atom stereocenters. The molecule has 30 heavy (non-hydrogen) atoms. The predicted octanol–water partition coefficient (Wildman–Crippen LogP) is 3.46. The van der Waals surface area contributed by atoms with E-state index in [-0.39, 0.29) is 36.6 Å². The quantitative estimate of drug-likeness (QED) is 0.593. The van der Waals surface area contributed by atoms with Gasteiger partial charge in [0.25, 0.3) is 5.91 Å².